The largest absolute Gasteiger partial charge is 0.0888 e. The summed E-state index contributed by atoms with van der Waals surface area (Å²) >= 11 is 0. The van der Waals surface area contributed by atoms with E-state index in [-0.39, 0.29) is 0 Å². The van der Waals surface area contributed by atoms with Gasteiger partial charge in [0.1, 0.15) is 0 Å². The molecule has 0 N–H and O–H groups in total. The van der Waals surface area contributed by atoms with Crippen molar-refractivity contribution in [3.05, 3.63) is 24.3 Å². The minimum atomic E-state index is 1.19. The Labute approximate surface area is 135 Å². The summed E-state index contributed by atoms with van der Waals surface area (Å²) in [6.45, 7) is 4.49. The summed E-state index contributed by atoms with van der Waals surface area (Å²) in [5, 5.41) is 0. The Bertz CT molecular complexity index is 224. The maximum atomic E-state index is 2.41. The summed E-state index contributed by atoms with van der Waals surface area (Å²) in [5.41, 5.74) is 0. The molecule has 0 saturated heterocycles. The predicted molar refractivity (Wildman–Crippen MR) is 98.9 cm³/mol. The zero-order valence-corrected chi connectivity index (χ0v) is 14.9. The molecule has 0 aromatic heterocycles. The first kappa shape index (κ1) is 20.5. The second kappa shape index (κ2) is 19.5. The van der Waals surface area contributed by atoms with Crippen LogP contribution in [-0.4, -0.2) is 0 Å². The topological polar surface area (TPSA) is 0 Å². The molecule has 21 heavy (non-hydrogen) atoms. The van der Waals surface area contributed by atoms with Gasteiger partial charge in [-0.15, -0.1) is 0 Å². The second-order valence-corrected chi connectivity index (χ2v) is 6.25. The second-order valence-electron chi connectivity index (χ2n) is 6.25. The lowest BCUT2D eigenvalue weighted by atomic mass is 10.1. The molecule has 0 aliphatic rings. The van der Waals surface area contributed by atoms with Gasteiger partial charge >= 0.3 is 0 Å². The minimum absolute atomic E-state index is 1.19. The van der Waals surface area contributed by atoms with Crippen LogP contribution in [0, 0.1) is 0 Å². The van der Waals surface area contributed by atoms with Crippen molar-refractivity contribution in [1.29, 1.82) is 0 Å². The maximum Gasteiger partial charge on any atom is -0.0351 e. The standard InChI is InChI=1S/C21H40/c1-3-5-7-9-11-13-15-17-19-21-20-18-16-14-12-10-8-6-4-2/h5,7,18,20H,3-4,6,8-17,19,21H2,1-2H3/b7-5?,20-18-. The van der Waals surface area contributed by atoms with Crippen molar-refractivity contribution >= 4 is 0 Å². The predicted octanol–water partition coefficient (Wildman–Crippen LogP) is 7.99. The van der Waals surface area contributed by atoms with E-state index >= 15 is 0 Å². The third-order valence-corrected chi connectivity index (χ3v) is 4.03. The van der Waals surface area contributed by atoms with Crippen molar-refractivity contribution in [1.82, 2.24) is 0 Å². The van der Waals surface area contributed by atoms with Crippen molar-refractivity contribution in [2.75, 3.05) is 0 Å². The first-order valence-corrected chi connectivity index (χ1v) is 9.71. The molecular formula is C21H40. The molecule has 0 nitrogen and oxygen atoms in total. The van der Waals surface area contributed by atoms with E-state index in [0.717, 1.165) is 0 Å². The Morgan fingerprint density at radius 2 is 0.810 bits per heavy atom. The Morgan fingerprint density at radius 1 is 0.429 bits per heavy atom. The molecule has 0 heteroatoms. The van der Waals surface area contributed by atoms with Crippen molar-refractivity contribution in [3.8, 4) is 0 Å². The van der Waals surface area contributed by atoms with E-state index in [1.165, 1.54) is 96.3 Å². The molecule has 0 saturated carbocycles. The molecule has 0 aromatic rings. The van der Waals surface area contributed by atoms with Gasteiger partial charge in [-0.3, -0.25) is 0 Å². The smallest absolute Gasteiger partial charge is 0.0351 e. The molecule has 0 spiro atoms. The highest BCUT2D eigenvalue weighted by Gasteiger charge is 1.90. The fraction of sp³-hybridized carbons (Fsp3) is 0.810. The highest BCUT2D eigenvalue weighted by atomic mass is 14.0. The minimum Gasteiger partial charge on any atom is -0.0888 e. The van der Waals surface area contributed by atoms with Crippen LogP contribution in [0.4, 0.5) is 0 Å². The quantitative estimate of drug-likeness (QED) is 0.200. The van der Waals surface area contributed by atoms with Gasteiger partial charge < -0.3 is 0 Å². The molecule has 0 bridgehead atoms. The number of hydrogen-bond acceptors (Lipinski definition) is 0. The first-order chi connectivity index (χ1) is 10.4. The molecule has 0 rings (SSSR count). The lowest BCUT2D eigenvalue weighted by molar-refractivity contribution is 0.609. The summed E-state index contributed by atoms with van der Waals surface area (Å²) in [6.07, 6.45) is 30.0. The SMILES string of the molecule is CCC=CCCCCCCC/C=C\CCCCCCCC. The summed E-state index contributed by atoms with van der Waals surface area (Å²) < 4.78 is 0. The number of allylic oxidation sites excluding steroid dienone is 4. The highest BCUT2D eigenvalue weighted by molar-refractivity contribution is 4.81. The van der Waals surface area contributed by atoms with E-state index in [1.807, 2.05) is 0 Å². The molecule has 0 radical (unpaired) electrons. The number of rotatable bonds is 16. The summed E-state index contributed by atoms with van der Waals surface area (Å²) in [4.78, 5) is 0. The van der Waals surface area contributed by atoms with Crippen LogP contribution in [0.3, 0.4) is 0 Å². The normalized spacial score (nSPS) is 11.9. The van der Waals surface area contributed by atoms with Gasteiger partial charge in [0.05, 0.1) is 0 Å². The Morgan fingerprint density at radius 3 is 1.24 bits per heavy atom. The van der Waals surface area contributed by atoms with Crippen molar-refractivity contribution in [3.63, 3.8) is 0 Å². The van der Waals surface area contributed by atoms with E-state index in [9.17, 15) is 0 Å². The monoisotopic (exact) mass is 292 g/mol. The molecule has 0 fully saturated rings. The molecular weight excluding hydrogens is 252 g/mol. The van der Waals surface area contributed by atoms with Crippen LogP contribution in [0.1, 0.15) is 110 Å². The Hall–Kier alpha value is -0.520. The Kier molecular flexibility index (Phi) is 19.0. The van der Waals surface area contributed by atoms with Gasteiger partial charge in [-0.05, 0) is 44.9 Å². The molecule has 0 aromatic carbocycles. The van der Waals surface area contributed by atoms with Crippen LogP contribution in [0.2, 0.25) is 0 Å². The summed E-state index contributed by atoms with van der Waals surface area (Å²) in [5.74, 6) is 0. The average molecular weight is 293 g/mol. The van der Waals surface area contributed by atoms with Gasteiger partial charge in [-0.2, -0.15) is 0 Å². The van der Waals surface area contributed by atoms with Crippen LogP contribution in [-0.2, 0) is 0 Å². The van der Waals surface area contributed by atoms with Crippen LogP contribution >= 0.6 is 0 Å². The molecule has 0 aliphatic carbocycles. The summed E-state index contributed by atoms with van der Waals surface area (Å²) in [7, 11) is 0. The van der Waals surface area contributed by atoms with E-state index < -0.39 is 0 Å². The highest BCUT2D eigenvalue weighted by Crippen LogP contribution is 2.10. The van der Waals surface area contributed by atoms with Gasteiger partial charge in [0.25, 0.3) is 0 Å². The van der Waals surface area contributed by atoms with Crippen LogP contribution in [0.15, 0.2) is 24.3 Å². The van der Waals surface area contributed by atoms with Crippen molar-refractivity contribution < 1.29 is 0 Å². The van der Waals surface area contributed by atoms with E-state index in [0.29, 0.717) is 0 Å². The van der Waals surface area contributed by atoms with Gasteiger partial charge in [0, 0.05) is 0 Å². The van der Waals surface area contributed by atoms with Crippen LogP contribution < -0.4 is 0 Å². The van der Waals surface area contributed by atoms with Gasteiger partial charge in [0.15, 0.2) is 0 Å². The van der Waals surface area contributed by atoms with Gasteiger partial charge in [0.2, 0.25) is 0 Å². The zero-order valence-electron chi connectivity index (χ0n) is 14.9. The van der Waals surface area contributed by atoms with E-state index in [4.69, 9.17) is 0 Å². The van der Waals surface area contributed by atoms with E-state index in [2.05, 4.69) is 38.2 Å². The Balaban J connectivity index is 3.06. The fourth-order valence-corrected chi connectivity index (χ4v) is 2.62. The van der Waals surface area contributed by atoms with Crippen LogP contribution in [0.5, 0.6) is 0 Å². The zero-order chi connectivity index (χ0) is 15.4. The van der Waals surface area contributed by atoms with Gasteiger partial charge in [-0.1, -0.05) is 89.5 Å². The molecule has 0 unspecified atom stereocenters. The molecule has 0 atom stereocenters. The third-order valence-electron chi connectivity index (χ3n) is 4.03. The lowest BCUT2D eigenvalue weighted by Gasteiger charge is -1.99. The molecule has 124 valence electrons. The maximum absolute atomic E-state index is 2.41. The average Bonchev–Trinajstić information content (AvgIpc) is 2.50. The molecule has 0 heterocycles. The van der Waals surface area contributed by atoms with Gasteiger partial charge in [-0.25, -0.2) is 0 Å². The van der Waals surface area contributed by atoms with Crippen LogP contribution in [0.25, 0.3) is 0 Å². The number of hydrogen-bond donors (Lipinski definition) is 0. The third kappa shape index (κ3) is 19.5. The van der Waals surface area contributed by atoms with Crippen molar-refractivity contribution in [2.24, 2.45) is 0 Å². The molecule has 0 aliphatic heterocycles. The first-order valence-electron chi connectivity index (χ1n) is 9.71. The lowest BCUT2D eigenvalue weighted by Crippen LogP contribution is -1.79. The summed E-state index contributed by atoms with van der Waals surface area (Å²) in [6, 6.07) is 0. The molecule has 0 amide bonds. The van der Waals surface area contributed by atoms with Crippen molar-refractivity contribution in [2.45, 2.75) is 110 Å². The van der Waals surface area contributed by atoms with E-state index in [1.54, 1.807) is 0 Å². The number of unbranched alkanes of at least 4 members (excludes halogenated alkanes) is 12. The fourth-order valence-electron chi connectivity index (χ4n) is 2.62.